The molecule has 0 fully saturated rings. The Bertz CT molecular complexity index is 727. The van der Waals surface area contributed by atoms with Crippen molar-refractivity contribution in [2.75, 3.05) is 19.6 Å². The lowest BCUT2D eigenvalue weighted by atomic mass is 10.1. The van der Waals surface area contributed by atoms with Crippen molar-refractivity contribution < 1.29 is 18.6 Å². The summed E-state index contributed by atoms with van der Waals surface area (Å²) in [5, 5.41) is 16.4. The number of hydrogen-bond acceptors (Lipinski definition) is 3. The molecule has 154 valence electrons. The summed E-state index contributed by atoms with van der Waals surface area (Å²) in [5.41, 5.74) is 0.601. The van der Waals surface area contributed by atoms with Crippen molar-refractivity contribution in [3.8, 4) is 5.75 Å². The van der Waals surface area contributed by atoms with Gasteiger partial charge in [-0.1, -0.05) is 12.1 Å². The highest BCUT2D eigenvalue weighted by Crippen LogP contribution is 2.14. The Morgan fingerprint density at radius 3 is 2.18 bits per heavy atom. The highest BCUT2D eigenvalue weighted by molar-refractivity contribution is 14.0. The maximum absolute atomic E-state index is 13.0. The SMILES string of the molecule is CCNC(=NCC(O)c1ccc(F)cc1)NCC(C)Oc1ccc(F)cc1.I. The van der Waals surface area contributed by atoms with Crippen molar-refractivity contribution in [1.82, 2.24) is 10.6 Å². The van der Waals surface area contributed by atoms with Crippen LogP contribution in [-0.4, -0.2) is 36.8 Å². The van der Waals surface area contributed by atoms with Gasteiger partial charge in [0.2, 0.25) is 0 Å². The number of hydrogen-bond donors (Lipinski definition) is 3. The van der Waals surface area contributed by atoms with Crippen LogP contribution in [0.25, 0.3) is 0 Å². The Morgan fingerprint density at radius 1 is 1.04 bits per heavy atom. The van der Waals surface area contributed by atoms with Gasteiger partial charge in [-0.15, -0.1) is 24.0 Å². The topological polar surface area (TPSA) is 65.9 Å². The van der Waals surface area contributed by atoms with E-state index in [1.807, 2.05) is 13.8 Å². The van der Waals surface area contributed by atoms with Crippen LogP contribution in [0.3, 0.4) is 0 Å². The molecule has 2 aromatic carbocycles. The van der Waals surface area contributed by atoms with Crippen molar-refractivity contribution in [2.45, 2.75) is 26.1 Å². The van der Waals surface area contributed by atoms with E-state index in [4.69, 9.17) is 4.74 Å². The molecule has 0 bridgehead atoms. The van der Waals surface area contributed by atoms with Gasteiger partial charge in [0.25, 0.3) is 0 Å². The minimum absolute atomic E-state index is 0. The average molecular weight is 505 g/mol. The summed E-state index contributed by atoms with van der Waals surface area (Å²) < 4.78 is 31.6. The fourth-order valence-electron chi connectivity index (χ4n) is 2.34. The number of aliphatic hydroxyl groups excluding tert-OH is 1. The number of ether oxygens (including phenoxy) is 1. The van der Waals surface area contributed by atoms with Crippen LogP contribution in [0.15, 0.2) is 53.5 Å². The molecule has 0 spiro atoms. The number of benzene rings is 2. The van der Waals surface area contributed by atoms with E-state index in [1.54, 1.807) is 12.1 Å². The summed E-state index contributed by atoms with van der Waals surface area (Å²) >= 11 is 0. The fraction of sp³-hybridized carbons (Fsp3) is 0.350. The van der Waals surface area contributed by atoms with Gasteiger partial charge in [-0.2, -0.15) is 0 Å². The molecule has 0 saturated carbocycles. The molecule has 0 radical (unpaired) electrons. The molecule has 5 nitrogen and oxygen atoms in total. The summed E-state index contributed by atoms with van der Waals surface area (Å²) in [6, 6.07) is 11.5. The second-order valence-corrected chi connectivity index (χ2v) is 6.05. The summed E-state index contributed by atoms with van der Waals surface area (Å²) in [6.45, 7) is 5.08. The molecule has 0 aliphatic carbocycles. The second kappa shape index (κ2) is 12.5. The maximum atomic E-state index is 13.0. The molecule has 2 atom stereocenters. The zero-order valence-electron chi connectivity index (χ0n) is 15.9. The fourth-order valence-corrected chi connectivity index (χ4v) is 2.34. The molecular formula is C20H26F2IN3O2. The van der Waals surface area contributed by atoms with Gasteiger partial charge >= 0.3 is 0 Å². The minimum atomic E-state index is -0.825. The number of nitrogens with one attached hydrogen (secondary N) is 2. The molecule has 0 aliphatic rings. The highest BCUT2D eigenvalue weighted by Gasteiger charge is 2.09. The zero-order valence-corrected chi connectivity index (χ0v) is 18.2. The zero-order chi connectivity index (χ0) is 19.6. The van der Waals surface area contributed by atoms with Crippen LogP contribution in [-0.2, 0) is 0 Å². The molecule has 2 rings (SSSR count). The van der Waals surface area contributed by atoms with Gasteiger partial charge in [-0.05, 0) is 55.8 Å². The predicted octanol–water partition coefficient (Wildman–Crippen LogP) is 3.64. The van der Waals surface area contributed by atoms with E-state index < -0.39 is 6.10 Å². The van der Waals surface area contributed by atoms with Gasteiger partial charge in [-0.3, -0.25) is 4.99 Å². The molecule has 0 amide bonds. The number of nitrogens with zero attached hydrogens (tertiary/aromatic N) is 1. The van der Waals surface area contributed by atoms with Crippen LogP contribution in [0.2, 0.25) is 0 Å². The van der Waals surface area contributed by atoms with Gasteiger partial charge in [0, 0.05) is 6.54 Å². The van der Waals surface area contributed by atoms with Crippen molar-refractivity contribution in [2.24, 2.45) is 4.99 Å². The Labute approximate surface area is 181 Å². The molecule has 8 heteroatoms. The van der Waals surface area contributed by atoms with E-state index in [0.29, 0.717) is 30.4 Å². The predicted molar refractivity (Wildman–Crippen MR) is 117 cm³/mol. The van der Waals surface area contributed by atoms with Crippen LogP contribution in [0.4, 0.5) is 8.78 Å². The Hall–Kier alpha value is -1.94. The Balaban J connectivity index is 0.00000392. The number of aliphatic hydroxyl groups is 1. The first-order chi connectivity index (χ1) is 13.0. The lowest BCUT2D eigenvalue weighted by molar-refractivity contribution is 0.187. The van der Waals surface area contributed by atoms with Crippen LogP contribution < -0.4 is 15.4 Å². The van der Waals surface area contributed by atoms with Gasteiger partial charge < -0.3 is 20.5 Å². The van der Waals surface area contributed by atoms with Crippen LogP contribution in [0, 0.1) is 11.6 Å². The third-order valence-electron chi connectivity index (χ3n) is 3.73. The average Bonchev–Trinajstić information content (AvgIpc) is 2.66. The van der Waals surface area contributed by atoms with E-state index in [-0.39, 0.29) is 48.3 Å². The molecule has 0 heterocycles. The summed E-state index contributed by atoms with van der Waals surface area (Å²) in [6.07, 6.45) is -1.00. The normalized spacial score (nSPS) is 13.2. The number of aliphatic imine (C=N–C) groups is 1. The van der Waals surface area contributed by atoms with Crippen molar-refractivity contribution in [3.05, 3.63) is 65.7 Å². The first-order valence-electron chi connectivity index (χ1n) is 8.86. The molecule has 3 N–H and O–H groups in total. The maximum Gasteiger partial charge on any atom is 0.191 e. The molecule has 2 unspecified atom stereocenters. The van der Waals surface area contributed by atoms with E-state index in [2.05, 4.69) is 15.6 Å². The van der Waals surface area contributed by atoms with E-state index in [1.165, 1.54) is 36.4 Å². The Kier molecular flexibility index (Phi) is 10.8. The van der Waals surface area contributed by atoms with E-state index >= 15 is 0 Å². The van der Waals surface area contributed by atoms with E-state index in [9.17, 15) is 13.9 Å². The lowest BCUT2D eigenvalue weighted by Crippen LogP contribution is -2.42. The quantitative estimate of drug-likeness (QED) is 0.291. The highest BCUT2D eigenvalue weighted by atomic mass is 127. The lowest BCUT2D eigenvalue weighted by Gasteiger charge is -2.18. The van der Waals surface area contributed by atoms with E-state index in [0.717, 1.165) is 0 Å². The molecule has 28 heavy (non-hydrogen) atoms. The standard InChI is InChI=1S/C20H25F2N3O2.HI/c1-3-23-20(25-13-19(26)15-4-6-16(21)7-5-15)24-12-14(2)27-18-10-8-17(22)9-11-18;/h4-11,14,19,26H,3,12-13H2,1-2H3,(H2,23,24,25);1H. The van der Waals surface area contributed by atoms with Crippen molar-refractivity contribution >= 4 is 29.9 Å². The van der Waals surface area contributed by atoms with Crippen molar-refractivity contribution in [3.63, 3.8) is 0 Å². The van der Waals surface area contributed by atoms with Gasteiger partial charge in [-0.25, -0.2) is 8.78 Å². The molecule has 2 aromatic rings. The minimum Gasteiger partial charge on any atom is -0.489 e. The van der Waals surface area contributed by atoms with Crippen LogP contribution in [0.5, 0.6) is 5.75 Å². The summed E-state index contributed by atoms with van der Waals surface area (Å²) in [4.78, 5) is 4.35. The summed E-state index contributed by atoms with van der Waals surface area (Å²) in [7, 11) is 0. The van der Waals surface area contributed by atoms with Gasteiger partial charge in [0.15, 0.2) is 5.96 Å². The van der Waals surface area contributed by atoms with Crippen molar-refractivity contribution in [1.29, 1.82) is 0 Å². The van der Waals surface area contributed by atoms with Crippen LogP contribution in [0.1, 0.15) is 25.5 Å². The van der Waals surface area contributed by atoms with Crippen LogP contribution >= 0.6 is 24.0 Å². The Morgan fingerprint density at radius 2 is 1.61 bits per heavy atom. The molecular weight excluding hydrogens is 479 g/mol. The number of halogens is 3. The largest absolute Gasteiger partial charge is 0.489 e. The number of rotatable bonds is 8. The third-order valence-corrected chi connectivity index (χ3v) is 3.73. The second-order valence-electron chi connectivity index (χ2n) is 6.05. The first kappa shape index (κ1) is 24.1. The van der Waals surface area contributed by atoms with Gasteiger partial charge in [0.05, 0.1) is 19.2 Å². The smallest absolute Gasteiger partial charge is 0.191 e. The molecule has 0 aromatic heterocycles. The first-order valence-corrected chi connectivity index (χ1v) is 8.86. The van der Waals surface area contributed by atoms with Gasteiger partial charge in [0.1, 0.15) is 23.5 Å². The molecule has 0 saturated heterocycles. The number of guanidine groups is 1. The monoisotopic (exact) mass is 505 g/mol. The third kappa shape index (κ3) is 8.39. The summed E-state index contributed by atoms with van der Waals surface area (Å²) in [5.74, 6) is 0.460. The molecule has 0 aliphatic heterocycles.